The number of amides is 1. The Morgan fingerprint density at radius 1 is 1.00 bits per heavy atom. The van der Waals surface area contributed by atoms with E-state index in [1.54, 1.807) is 0 Å². The molecule has 34 heavy (non-hydrogen) atoms. The monoisotopic (exact) mass is 489 g/mol. The maximum atomic E-state index is 13.1. The first kappa shape index (κ1) is 23.6. The summed E-state index contributed by atoms with van der Waals surface area (Å²) in [5.41, 5.74) is 3.05. The first-order valence-electron chi connectivity index (χ1n) is 10.3. The molecule has 2 N–H and O–H groups in total. The molecular formula is C25H19ClF3NO4. The van der Waals surface area contributed by atoms with Crippen LogP contribution in [0.15, 0.2) is 66.7 Å². The van der Waals surface area contributed by atoms with Crippen molar-refractivity contribution in [1.29, 1.82) is 0 Å². The number of ether oxygens (including phenoxy) is 1. The minimum Gasteiger partial charge on any atom is -0.480 e. The highest BCUT2D eigenvalue weighted by Gasteiger charge is 2.34. The van der Waals surface area contributed by atoms with Crippen LogP contribution in [0.2, 0.25) is 5.02 Å². The van der Waals surface area contributed by atoms with Crippen LogP contribution in [0.5, 0.6) is 0 Å². The van der Waals surface area contributed by atoms with E-state index in [9.17, 15) is 27.9 Å². The Kier molecular flexibility index (Phi) is 6.52. The van der Waals surface area contributed by atoms with Gasteiger partial charge in [0.2, 0.25) is 0 Å². The number of halogens is 4. The second-order valence-electron chi connectivity index (χ2n) is 7.88. The minimum atomic E-state index is -4.69. The molecule has 0 bridgehead atoms. The van der Waals surface area contributed by atoms with Crippen LogP contribution in [-0.4, -0.2) is 29.8 Å². The third-order valence-corrected chi connectivity index (χ3v) is 6.04. The Morgan fingerprint density at radius 3 is 2.15 bits per heavy atom. The second-order valence-corrected chi connectivity index (χ2v) is 8.28. The fraction of sp³-hybridized carbons (Fsp3) is 0.200. The number of hydrogen-bond acceptors (Lipinski definition) is 3. The molecule has 1 atom stereocenters. The number of rotatable bonds is 6. The summed E-state index contributed by atoms with van der Waals surface area (Å²) in [6.45, 7) is -0.0225. The van der Waals surface area contributed by atoms with Gasteiger partial charge in [0.25, 0.3) is 0 Å². The standard InChI is InChI=1S/C25H19ClF3NO4/c26-21-10-9-14(11-20(21)25(27,28)29)12-22(23(31)32)30-24(33)34-13-19-17-7-3-1-5-15(17)16-6-2-4-8-18(16)19/h1-11,19,22H,12-13H2,(H,30,33)(H,31,32)/t22-/m0/s1. The average molecular weight is 490 g/mol. The van der Waals surface area contributed by atoms with Gasteiger partial charge in [-0.15, -0.1) is 0 Å². The lowest BCUT2D eigenvalue weighted by molar-refractivity contribution is -0.139. The third kappa shape index (κ3) is 4.87. The molecule has 0 radical (unpaired) electrons. The molecule has 0 aromatic heterocycles. The van der Waals surface area contributed by atoms with Gasteiger partial charge in [-0.1, -0.05) is 66.2 Å². The van der Waals surface area contributed by atoms with Crippen molar-refractivity contribution in [3.05, 3.63) is 94.0 Å². The van der Waals surface area contributed by atoms with Gasteiger partial charge in [0, 0.05) is 12.3 Å². The van der Waals surface area contributed by atoms with Crippen molar-refractivity contribution in [3.63, 3.8) is 0 Å². The van der Waals surface area contributed by atoms with Crippen LogP contribution in [0.4, 0.5) is 18.0 Å². The maximum absolute atomic E-state index is 13.1. The highest BCUT2D eigenvalue weighted by Crippen LogP contribution is 2.44. The molecule has 3 aromatic carbocycles. The van der Waals surface area contributed by atoms with Crippen LogP contribution < -0.4 is 5.32 Å². The molecule has 0 aliphatic heterocycles. The van der Waals surface area contributed by atoms with Gasteiger partial charge in [0.05, 0.1) is 10.6 Å². The smallest absolute Gasteiger partial charge is 0.417 e. The van der Waals surface area contributed by atoms with Gasteiger partial charge in [-0.25, -0.2) is 9.59 Å². The van der Waals surface area contributed by atoms with Gasteiger partial charge >= 0.3 is 18.2 Å². The highest BCUT2D eigenvalue weighted by atomic mass is 35.5. The summed E-state index contributed by atoms with van der Waals surface area (Å²) in [5, 5.41) is 11.2. The third-order valence-electron chi connectivity index (χ3n) is 5.71. The molecule has 1 amide bonds. The lowest BCUT2D eigenvalue weighted by Gasteiger charge is -2.18. The van der Waals surface area contributed by atoms with Crippen molar-refractivity contribution in [2.75, 3.05) is 6.61 Å². The molecule has 0 saturated heterocycles. The molecule has 0 spiro atoms. The number of fused-ring (bicyclic) bond motifs is 3. The number of alkyl carbamates (subject to hydrolysis) is 1. The predicted molar refractivity (Wildman–Crippen MR) is 120 cm³/mol. The maximum Gasteiger partial charge on any atom is 0.417 e. The number of alkyl halides is 3. The Balaban J connectivity index is 1.44. The summed E-state index contributed by atoms with van der Waals surface area (Å²) < 4.78 is 44.7. The van der Waals surface area contributed by atoms with Crippen molar-refractivity contribution in [3.8, 4) is 11.1 Å². The van der Waals surface area contributed by atoms with E-state index >= 15 is 0 Å². The number of nitrogens with one attached hydrogen (secondary N) is 1. The summed E-state index contributed by atoms with van der Waals surface area (Å²) in [6.07, 6.45) is -6.04. The van der Waals surface area contributed by atoms with Crippen molar-refractivity contribution in [1.82, 2.24) is 5.32 Å². The van der Waals surface area contributed by atoms with E-state index in [0.29, 0.717) is 0 Å². The van der Waals surface area contributed by atoms with E-state index in [-0.39, 0.29) is 24.5 Å². The molecule has 5 nitrogen and oxygen atoms in total. The quantitative estimate of drug-likeness (QED) is 0.452. The van der Waals surface area contributed by atoms with Crippen molar-refractivity contribution in [2.45, 2.75) is 24.6 Å². The zero-order valence-corrected chi connectivity index (χ0v) is 18.4. The second kappa shape index (κ2) is 9.38. The fourth-order valence-electron chi connectivity index (χ4n) is 4.13. The van der Waals surface area contributed by atoms with Gasteiger partial charge in [-0.2, -0.15) is 13.2 Å². The molecule has 1 aliphatic carbocycles. The Labute approximate surface area is 198 Å². The lowest BCUT2D eigenvalue weighted by atomic mass is 9.98. The largest absolute Gasteiger partial charge is 0.480 e. The van der Waals surface area contributed by atoms with Crippen molar-refractivity contribution < 1.29 is 32.6 Å². The minimum absolute atomic E-state index is 0.0225. The van der Waals surface area contributed by atoms with Gasteiger partial charge in [-0.05, 0) is 39.9 Å². The lowest BCUT2D eigenvalue weighted by Crippen LogP contribution is -2.43. The zero-order chi connectivity index (χ0) is 24.5. The molecule has 0 saturated carbocycles. The number of aliphatic carboxylic acids is 1. The Bertz CT molecular complexity index is 1200. The molecule has 3 aromatic rings. The average Bonchev–Trinajstić information content (AvgIpc) is 3.11. The van der Waals surface area contributed by atoms with Crippen LogP contribution in [-0.2, 0) is 22.1 Å². The topological polar surface area (TPSA) is 75.6 Å². The van der Waals surface area contributed by atoms with Crippen LogP contribution in [0.25, 0.3) is 11.1 Å². The van der Waals surface area contributed by atoms with E-state index < -0.39 is 34.9 Å². The van der Waals surface area contributed by atoms with Gasteiger partial charge in [0.1, 0.15) is 12.6 Å². The number of benzene rings is 3. The summed E-state index contributed by atoms with van der Waals surface area (Å²) in [5.74, 6) is -1.62. The molecule has 0 unspecified atom stereocenters. The predicted octanol–water partition coefficient (Wildman–Crippen LogP) is 5.89. The molecule has 4 rings (SSSR count). The zero-order valence-electron chi connectivity index (χ0n) is 17.6. The summed E-state index contributed by atoms with van der Waals surface area (Å²) in [7, 11) is 0. The number of hydrogen-bond donors (Lipinski definition) is 2. The van der Waals surface area contributed by atoms with E-state index in [1.807, 2.05) is 48.5 Å². The van der Waals surface area contributed by atoms with E-state index in [4.69, 9.17) is 16.3 Å². The SMILES string of the molecule is O=C(N[C@@H](Cc1ccc(Cl)c(C(F)(F)F)c1)C(=O)O)OCC1c2ccccc2-c2ccccc21. The van der Waals surface area contributed by atoms with E-state index in [0.717, 1.165) is 34.4 Å². The first-order chi connectivity index (χ1) is 16.1. The van der Waals surface area contributed by atoms with Crippen LogP contribution in [0.3, 0.4) is 0 Å². The van der Waals surface area contributed by atoms with Crippen LogP contribution in [0, 0.1) is 0 Å². The fourth-order valence-corrected chi connectivity index (χ4v) is 4.36. The van der Waals surface area contributed by atoms with E-state index in [1.165, 1.54) is 6.07 Å². The molecular weight excluding hydrogens is 471 g/mol. The van der Waals surface area contributed by atoms with Crippen molar-refractivity contribution in [2.24, 2.45) is 0 Å². The van der Waals surface area contributed by atoms with Crippen LogP contribution in [0.1, 0.15) is 28.2 Å². The van der Waals surface area contributed by atoms with Gasteiger partial charge in [-0.3, -0.25) is 0 Å². The molecule has 0 fully saturated rings. The Morgan fingerprint density at radius 2 is 1.59 bits per heavy atom. The van der Waals surface area contributed by atoms with Crippen LogP contribution >= 0.6 is 11.6 Å². The summed E-state index contributed by atoms with van der Waals surface area (Å²) in [4.78, 5) is 24.1. The molecule has 176 valence electrons. The first-order valence-corrected chi connectivity index (χ1v) is 10.7. The highest BCUT2D eigenvalue weighted by molar-refractivity contribution is 6.31. The number of carboxylic acid groups (broad SMARTS) is 1. The number of carbonyl (C=O) groups excluding carboxylic acids is 1. The van der Waals surface area contributed by atoms with Gasteiger partial charge < -0.3 is 15.2 Å². The Hall–Kier alpha value is -3.52. The molecule has 9 heteroatoms. The molecule has 0 heterocycles. The van der Waals surface area contributed by atoms with E-state index in [2.05, 4.69) is 5.32 Å². The van der Waals surface area contributed by atoms with Crippen molar-refractivity contribution >= 4 is 23.7 Å². The normalized spacial score (nSPS) is 13.6. The number of carbonyl (C=O) groups is 2. The number of carboxylic acids is 1. The summed E-state index contributed by atoms with van der Waals surface area (Å²) >= 11 is 5.61. The van der Waals surface area contributed by atoms with Gasteiger partial charge in [0.15, 0.2) is 0 Å². The molecule has 1 aliphatic rings. The summed E-state index contributed by atoms with van der Waals surface area (Å²) in [6, 6.07) is 17.1.